The predicted octanol–water partition coefficient (Wildman–Crippen LogP) is 3.27. The first kappa shape index (κ1) is 12.3. The Morgan fingerprint density at radius 3 is 2.71 bits per heavy atom. The fourth-order valence-electron chi connectivity index (χ4n) is 1.89. The lowest BCUT2D eigenvalue weighted by Crippen LogP contribution is -1.88. The molecule has 0 aliphatic rings. The van der Waals surface area contributed by atoms with E-state index in [9.17, 15) is 0 Å². The van der Waals surface area contributed by atoms with E-state index in [0.717, 1.165) is 10.7 Å². The summed E-state index contributed by atoms with van der Waals surface area (Å²) in [5.41, 5.74) is 4.87. The van der Waals surface area contributed by atoms with Crippen LogP contribution in [0.5, 0.6) is 0 Å². The number of aliphatic hydroxyl groups is 1. The average Bonchev–Trinajstić information content (AvgIpc) is 2.64. The molecule has 0 saturated heterocycles. The molecule has 1 aromatic carbocycles. The monoisotopic (exact) mass is 247 g/mol. The van der Waals surface area contributed by atoms with Gasteiger partial charge in [-0.15, -0.1) is 11.3 Å². The van der Waals surface area contributed by atoms with Crippen molar-refractivity contribution in [3.8, 4) is 10.4 Å². The predicted molar refractivity (Wildman–Crippen MR) is 72.6 cm³/mol. The Bertz CT molecular complexity index is 531. The Hall–Kier alpha value is -1.19. The van der Waals surface area contributed by atoms with Crippen LogP contribution in [0.15, 0.2) is 18.2 Å². The zero-order chi connectivity index (χ0) is 12.4. The van der Waals surface area contributed by atoms with E-state index in [1.165, 1.54) is 21.6 Å². The zero-order valence-electron chi connectivity index (χ0n) is 10.4. The molecule has 2 rings (SSSR count). The van der Waals surface area contributed by atoms with Crippen LogP contribution < -0.4 is 0 Å². The molecule has 0 aliphatic heterocycles. The standard InChI is InChI=1S/C14H17NOS/c1-9-4-5-10(2)12(8-9)14-11(3)15-13(17-14)6-7-16/h4-5,8,16H,6-7H2,1-3H3. The third-order valence-corrected chi connectivity index (χ3v) is 4.05. The molecule has 0 amide bonds. The second kappa shape index (κ2) is 4.98. The topological polar surface area (TPSA) is 33.1 Å². The van der Waals surface area contributed by atoms with Crippen LogP contribution in [0.25, 0.3) is 10.4 Å². The van der Waals surface area contributed by atoms with Crippen molar-refractivity contribution in [2.45, 2.75) is 27.2 Å². The van der Waals surface area contributed by atoms with Gasteiger partial charge in [0.1, 0.15) is 0 Å². The van der Waals surface area contributed by atoms with Crippen LogP contribution in [0.4, 0.5) is 0 Å². The zero-order valence-corrected chi connectivity index (χ0v) is 11.3. The van der Waals surface area contributed by atoms with Gasteiger partial charge in [0.2, 0.25) is 0 Å². The van der Waals surface area contributed by atoms with Crippen LogP contribution in [-0.4, -0.2) is 16.7 Å². The smallest absolute Gasteiger partial charge is 0.0957 e. The Morgan fingerprint density at radius 1 is 1.24 bits per heavy atom. The van der Waals surface area contributed by atoms with Crippen LogP contribution in [0.1, 0.15) is 21.8 Å². The number of hydrogen-bond donors (Lipinski definition) is 1. The Morgan fingerprint density at radius 2 is 2.00 bits per heavy atom. The molecule has 0 bridgehead atoms. The van der Waals surface area contributed by atoms with E-state index in [0.29, 0.717) is 6.42 Å². The molecular formula is C14H17NOS. The summed E-state index contributed by atoms with van der Waals surface area (Å²) in [6.45, 7) is 6.43. The van der Waals surface area contributed by atoms with Gasteiger partial charge in [0, 0.05) is 13.0 Å². The molecule has 90 valence electrons. The van der Waals surface area contributed by atoms with E-state index in [2.05, 4.69) is 37.0 Å². The van der Waals surface area contributed by atoms with Gasteiger partial charge in [-0.25, -0.2) is 4.98 Å². The molecule has 0 unspecified atom stereocenters. The highest BCUT2D eigenvalue weighted by Crippen LogP contribution is 2.33. The number of nitrogens with zero attached hydrogens (tertiary/aromatic N) is 1. The van der Waals surface area contributed by atoms with E-state index < -0.39 is 0 Å². The summed E-state index contributed by atoms with van der Waals surface area (Å²) in [4.78, 5) is 5.74. The second-order valence-electron chi connectivity index (χ2n) is 4.31. The molecule has 0 radical (unpaired) electrons. The highest BCUT2D eigenvalue weighted by molar-refractivity contribution is 7.15. The molecule has 0 fully saturated rings. The van der Waals surface area contributed by atoms with Crippen molar-refractivity contribution in [2.75, 3.05) is 6.61 Å². The number of aryl methyl sites for hydroxylation is 3. The van der Waals surface area contributed by atoms with E-state index in [1.54, 1.807) is 11.3 Å². The average molecular weight is 247 g/mol. The van der Waals surface area contributed by atoms with Crippen LogP contribution in [0.3, 0.4) is 0 Å². The molecule has 0 aliphatic carbocycles. The van der Waals surface area contributed by atoms with Gasteiger partial charge in [0.05, 0.1) is 15.6 Å². The van der Waals surface area contributed by atoms with Gasteiger partial charge in [-0.1, -0.05) is 23.8 Å². The van der Waals surface area contributed by atoms with Crippen molar-refractivity contribution in [3.63, 3.8) is 0 Å². The maximum Gasteiger partial charge on any atom is 0.0957 e. The Balaban J connectivity index is 2.48. The number of benzene rings is 1. The van der Waals surface area contributed by atoms with Crippen molar-refractivity contribution in [1.82, 2.24) is 4.98 Å². The maximum atomic E-state index is 8.96. The lowest BCUT2D eigenvalue weighted by atomic mass is 10.0. The second-order valence-corrected chi connectivity index (χ2v) is 5.40. The molecule has 1 N–H and O–H groups in total. The molecule has 0 atom stereocenters. The van der Waals surface area contributed by atoms with Crippen LogP contribution >= 0.6 is 11.3 Å². The van der Waals surface area contributed by atoms with E-state index in [1.807, 2.05) is 6.92 Å². The third kappa shape index (κ3) is 2.56. The van der Waals surface area contributed by atoms with Gasteiger partial charge in [0.25, 0.3) is 0 Å². The van der Waals surface area contributed by atoms with Crippen LogP contribution in [0, 0.1) is 20.8 Å². The minimum atomic E-state index is 0.166. The molecule has 1 heterocycles. The number of aromatic nitrogens is 1. The van der Waals surface area contributed by atoms with E-state index >= 15 is 0 Å². The third-order valence-electron chi connectivity index (χ3n) is 2.80. The Kier molecular flexibility index (Phi) is 3.60. The summed E-state index contributed by atoms with van der Waals surface area (Å²) in [6, 6.07) is 6.48. The summed E-state index contributed by atoms with van der Waals surface area (Å²) in [5, 5.41) is 9.97. The van der Waals surface area contributed by atoms with Gasteiger partial charge in [-0.3, -0.25) is 0 Å². The molecule has 17 heavy (non-hydrogen) atoms. The Labute approximate surface area is 106 Å². The van der Waals surface area contributed by atoms with Crippen molar-refractivity contribution >= 4 is 11.3 Å². The normalized spacial score (nSPS) is 10.8. The molecule has 3 heteroatoms. The minimum Gasteiger partial charge on any atom is -0.396 e. The molecule has 0 spiro atoms. The quantitative estimate of drug-likeness (QED) is 0.903. The first-order valence-electron chi connectivity index (χ1n) is 5.76. The maximum absolute atomic E-state index is 8.96. The lowest BCUT2D eigenvalue weighted by molar-refractivity contribution is 0.299. The molecular weight excluding hydrogens is 230 g/mol. The van der Waals surface area contributed by atoms with Gasteiger partial charge >= 0.3 is 0 Å². The van der Waals surface area contributed by atoms with Crippen molar-refractivity contribution in [3.05, 3.63) is 40.0 Å². The number of thiazole rings is 1. The number of rotatable bonds is 3. The first-order chi connectivity index (χ1) is 8.11. The van der Waals surface area contributed by atoms with E-state index in [4.69, 9.17) is 5.11 Å². The summed E-state index contributed by atoms with van der Waals surface area (Å²) in [5.74, 6) is 0. The van der Waals surface area contributed by atoms with E-state index in [-0.39, 0.29) is 6.61 Å². The summed E-state index contributed by atoms with van der Waals surface area (Å²) in [6.07, 6.45) is 0.649. The molecule has 2 aromatic rings. The SMILES string of the molecule is Cc1ccc(C)c(-c2sc(CCO)nc2C)c1. The molecule has 2 nitrogen and oxygen atoms in total. The van der Waals surface area contributed by atoms with Crippen molar-refractivity contribution in [1.29, 1.82) is 0 Å². The summed E-state index contributed by atoms with van der Waals surface area (Å²) < 4.78 is 0. The van der Waals surface area contributed by atoms with Gasteiger partial charge < -0.3 is 5.11 Å². The molecule has 0 saturated carbocycles. The molecule has 1 aromatic heterocycles. The lowest BCUT2D eigenvalue weighted by Gasteiger charge is -2.05. The minimum absolute atomic E-state index is 0.166. The van der Waals surface area contributed by atoms with Gasteiger partial charge in [0.15, 0.2) is 0 Å². The highest BCUT2D eigenvalue weighted by Gasteiger charge is 2.11. The fourth-order valence-corrected chi connectivity index (χ4v) is 3.02. The summed E-state index contributed by atoms with van der Waals surface area (Å²) >= 11 is 1.69. The van der Waals surface area contributed by atoms with Crippen molar-refractivity contribution < 1.29 is 5.11 Å². The van der Waals surface area contributed by atoms with Gasteiger partial charge in [-0.2, -0.15) is 0 Å². The number of aliphatic hydroxyl groups excluding tert-OH is 1. The number of hydrogen-bond acceptors (Lipinski definition) is 3. The van der Waals surface area contributed by atoms with Gasteiger partial charge in [-0.05, 0) is 31.9 Å². The fraction of sp³-hybridized carbons (Fsp3) is 0.357. The van der Waals surface area contributed by atoms with Crippen molar-refractivity contribution in [2.24, 2.45) is 0 Å². The first-order valence-corrected chi connectivity index (χ1v) is 6.58. The summed E-state index contributed by atoms with van der Waals surface area (Å²) in [7, 11) is 0. The van der Waals surface area contributed by atoms with Crippen LogP contribution in [0.2, 0.25) is 0 Å². The highest BCUT2D eigenvalue weighted by atomic mass is 32.1. The largest absolute Gasteiger partial charge is 0.396 e. The van der Waals surface area contributed by atoms with Crippen LogP contribution in [-0.2, 0) is 6.42 Å².